The zero-order valence-corrected chi connectivity index (χ0v) is 6.45. The minimum Gasteiger partial charge on any atom is -0.393 e. The fraction of sp³-hybridized carbons (Fsp3) is 0. The molecule has 8 N–H and O–H groups in total. The van der Waals surface area contributed by atoms with E-state index in [0.29, 0.717) is 0 Å². The summed E-state index contributed by atoms with van der Waals surface area (Å²) < 4.78 is 0. The number of hydrogen-bond donors (Lipinski definition) is 4. The van der Waals surface area contributed by atoms with Gasteiger partial charge >= 0.3 is 17.1 Å². The van der Waals surface area contributed by atoms with Crippen molar-refractivity contribution >= 4 is 23.3 Å². The summed E-state index contributed by atoms with van der Waals surface area (Å²) in [5.41, 5.74) is 21.3. The van der Waals surface area contributed by atoms with Crippen LogP contribution in [0.15, 0.2) is 0 Å². The predicted molar refractivity (Wildman–Crippen MR) is 39.7 cm³/mol. The van der Waals surface area contributed by atoms with E-state index in [0.717, 1.165) is 0 Å². The first kappa shape index (κ1) is 9.80. The summed E-state index contributed by atoms with van der Waals surface area (Å²) in [6.45, 7) is 0. The Labute approximate surface area is 73.8 Å². The van der Waals surface area contributed by atoms with Crippen molar-refractivity contribution in [3.63, 3.8) is 0 Å². The van der Waals surface area contributed by atoms with Crippen molar-refractivity contribution in [3.05, 3.63) is 0 Å². The number of hydrogen-bond acceptors (Lipinski definition) is 6. The maximum Gasteiger partial charge on any atom is 1.00 e. The normalized spacial score (nSPS) is 8.73. The van der Waals surface area contributed by atoms with Crippen LogP contribution in [0.2, 0.25) is 0 Å². The van der Waals surface area contributed by atoms with Gasteiger partial charge in [0.1, 0.15) is 5.69 Å². The molecule has 0 bridgehead atoms. The van der Waals surface area contributed by atoms with E-state index in [9.17, 15) is 0 Å². The zero-order chi connectivity index (χ0) is 7.72. The van der Waals surface area contributed by atoms with Crippen LogP contribution in [0.5, 0.6) is 0 Å². The first-order valence-electron chi connectivity index (χ1n) is 2.55. The molecule has 0 aliphatic carbocycles. The van der Waals surface area contributed by atoms with Crippen LogP contribution in [0.1, 0.15) is 0 Å². The molecule has 0 aliphatic heterocycles. The van der Waals surface area contributed by atoms with Crippen molar-refractivity contribution in [2.24, 2.45) is 0 Å². The second-order valence-electron chi connectivity index (χ2n) is 1.77. The fourth-order valence-corrected chi connectivity index (χ4v) is 0.523. The predicted octanol–water partition coefficient (Wildman–Crippen LogP) is -1.20. The van der Waals surface area contributed by atoms with Crippen molar-refractivity contribution in [3.8, 4) is 0 Å². The van der Waals surface area contributed by atoms with Gasteiger partial charge in [0, 0.05) is 0 Å². The van der Waals surface area contributed by atoms with Crippen LogP contribution in [0, 0.1) is 0 Å². The van der Waals surface area contributed by atoms with E-state index in [1.165, 1.54) is 0 Å². The SMILES string of the molecule is Nc1nc(N)c(N)c(N)n1.[Cu+]. The Morgan fingerprint density at radius 2 is 1.18 bits per heavy atom. The average molecular weight is 204 g/mol. The van der Waals surface area contributed by atoms with Gasteiger partial charge in [0.25, 0.3) is 0 Å². The Hall–Kier alpha value is -1.20. The van der Waals surface area contributed by atoms with Crippen LogP contribution < -0.4 is 22.9 Å². The molecule has 0 fully saturated rings. The Balaban J connectivity index is 0.000001000. The van der Waals surface area contributed by atoms with Crippen molar-refractivity contribution in [1.29, 1.82) is 0 Å². The third kappa shape index (κ3) is 1.86. The van der Waals surface area contributed by atoms with Crippen LogP contribution >= 0.6 is 0 Å². The summed E-state index contributed by atoms with van der Waals surface area (Å²) in [4.78, 5) is 7.15. The molecule has 0 spiro atoms. The molecule has 0 aliphatic rings. The van der Waals surface area contributed by atoms with Gasteiger partial charge in [-0.05, 0) is 0 Å². The molecule has 64 valence electrons. The smallest absolute Gasteiger partial charge is 0.393 e. The summed E-state index contributed by atoms with van der Waals surface area (Å²) in [5.74, 6) is 0.263. The number of aromatic nitrogens is 2. The monoisotopic (exact) mass is 203 g/mol. The number of rotatable bonds is 0. The number of anilines is 4. The maximum atomic E-state index is 5.32. The molecule has 0 saturated heterocycles. The first-order valence-corrected chi connectivity index (χ1v) is 2.55. The van der Waals surface area contributed by atoms with E-state index in [2.05, 4.69) is 9.97 Å². The third-order valence-corrected chi connectivity index (χ3v) is 1.02. The van der Waals surface area contributed by atoms with E-state index in [1.54, 1.807) is 0 Å². The van der Waals surface area contributed by atoms with Gasteiger partial charge in [0.05, 0.1) is 0 Å². The van der Waals surface area contributed by atoms with Gasteiger partial charge in [-0.25, -0.2) is 0 Å². The van der Waals surface area contributed by atoms with Crippen molar-refractivity contribution in [2.45, 2.75) is 0 Å². The molecule has 0 amide bonds. The molecule has 1 heterocycles. The summed E-state index contributed by atoms with van der Waals surface area (Å²) in [5, 5.41) is 0. The Morgan fingerprint density at radius 1 is 0.818 bits per heavy atom. The van der Waals surface area contributed by atoms with Gasteiger partial charge in [-0.3, -0.25) is 0 Å². The standard InChI is InChI=1S/C4H8N6.Cu/c5-1-2(6)9-4(8)10-3(1)7;/h5H2,(H6,6,7,8,9,10);/q;+1. The average Bonchev–Trinajstić information content (AvgIpc) is 1.82. The molecule has 11 heavy (non-hydrogen) atoms. The van der Waals surface area contributed by atoms with Crippen LogP contribution in [0.25, 0.3) is 0 Å². The molecule has 0 unspecified atom stereocenters. The summed E-state index contributed by atoms with van der Waals surface area (Å²) >= 11 is 0. The van der Waals surface area contributed by atoms with Crippen molar-refractivity contribution in [1.82, 2.24) is 9.97 Å². The molecular weight excluding hydrogens is 196 g/mol. The quantitative estimate of drug-likeness (QED) is 0.392. The largest absolute Gasteiger partial charge is 1.00 e. The summed E-state index contributed by atoms with van der Waals surface area (Å²) in [7, 11) is 0. The summed E-state index contributed by atoms with van der Waals surface area (Å²) in [6, 6.07) is 0. The van der Waals surface area contributed by atoms with E-state index < -0.39 is 0 Å². The molecule has 1 aromatic rings. The van der Waals surface area contributed by atoms with Gasteiger partial charge < -0.3 is 22.9 Å². The second-order valence-corrected chi connectivity index (χ2v) is 1.77. The van der Waals surface area contributed by atoms with Crippen LogP contribution in [0.3, 0.4) is 0 Å². The number of nitrogens with zero attached hydrogens (tertiary/aromatic N) is 2. The van der Waals surface area contributed by atoms with E-state index in [1.807, 2.05) is 0 Å². The van der Waals surface area contributed by atoms with Crippen LogP contribution in [0.4, 0.5) is 23.3 Å². The first-order chi connectivity index (χ1) is 4.61. The van der Waals surface area contributed by atoms with E-state index >= 15 is 0 Å². The molecule has 0 atom stereocenters. The van der Waals surface area contributed by atoms with Gasteiger partial charge in [0.15, 0.2) is 11.6 Å². The van der Waals surface area contributed by atoms with Crippen molar-refractivity contribution < 1.29 is 17.1 Å². The molecule has 1 rings (SSSR count). The zero-order valence-electron chi connectivity index (χ0n) is 5.51. The second kappa shape index (κ2) is 3.27. The topological polar surface area (TPSA) is 130 Å². The van der Waals surface area contributed by atoms with Gasteiger partial charge in [-0.15, -0.1) is 0 Å². The molecule has 0 radical (unpaired) electrons. The molecule has 7 heteroatoms. The minimum absolute atomic E-state index is 0. The molecule has 6 nitrogen and oxygen atoms in total. The van der Waals surface area contributed by atoms with Gasteiger partial charge in [-0.2, -0.15) is 9.97 Å². The van der Waals surface area contributed by atoms with Gasteiger partial charge in [0.2, 0.25) is 5.95 Å². The third-order valence-electron chi connectivity index (χ3n) is 1.02. The van der Waals surface area contributed by atoms with E-state index in [-0.39, 0.29) is 40.3 Å². The number of nitrogens with two attached hydrogens (primary N) is 4. The van der Waals surface area contributed by atoms with Crippen molar-refractivity contribution in [2.75, 3.05) is 22.9 Å². The Bertz CT molecular complexity index is 238. The maximum absolute atomic E-state index is 5.32. The Kier molecular flexibility index (Phi) is 2.91. The number of nitrogen functional groups attached to an aromatic ring is 4. The molecular formula is C4H8CuN6+. The Morgan fingerprint density at radius 3 is 1.55 bits per heavy atom. The van der Waals surface area contributed by atoms with Gasteiger partial charge in [-0.1, -0.05) is 0 Å². The minimum atomic E-state index is 0. The van der Waals surface area contributed by atoms with Crippen LogP contribution in [-0.4, -0.2) is 9.97 Å². The summed E-state index contributed by atoms with van der Waals surface area (Å²) in [6.07, 6.45) is 0. The molecule has 0 aromatic carbocycles. The molecule has 1 aromatic heterocycles. The van der Waals surface area contributed by atoms with Crippen LogP contribution in [-0.2, 0) is 17.1 Å². The molecule has 0 saturated carbocycles. The fourth-order valence-electron chi connectivity index (χ4n) is 0.523. The van der Waals surface area contributed by atoms with E-state index in [4.69, 9.17) is 22.9 Å².